The van der Waals surface area contributed by atoms with Gasteiger partial charge < -0.3 is 19.3 Å². The average Bonchev–Trinajstić information content (AvgIpc) is 2.91. The van der Waals surface area contributed by atoms with Gasteiger partial charge in [0.05, 0.1) is 19.8 Å². The topological polar surface area (TPSA) is 65.0 Å². The maximum Gasteiger partial charge on any atom is 0.333 e. The molecule has 0 amide bonds. The molecular weight excluding hydrogens is 452 g/mol. The molecule has 1 aliphatic carbocycles. The molecule has 0 spiro atoms. The highest BCUT2D eigenvalue weighted by molar-refractivity contribution is 5.86. The molecule has 1 atom stereocenters. The van der Waals surface area contributed by atoms with Crippen LogP contribution in [0.5, 0.6) is 0 Å². The number of hydrogen-bond donors (Lipinski definition) is 1. The normalized spacial score (nSPS) is 25.3. The molecule has 1 aromatic rings. The summed E-state index contributed by atoms with van der Waals surface area (Å²) >= 11 is 0. The van der Waals surface area contributed by atoms with Crippen molar-refractivity contribution >= 4 is 5.97 Å². The number of benzene rings is 1. The zero-order chi connectivity index (χ0) is 25.8. The van der Waals surface area contributed by atoms with Gasteiger partial charge in [0.2, 0.25) is 0 Å². The maximum absolute atomic E-state index is 11.7. The lowest BCUT2D eigenvalue weighted by Crippen LogP contribution is -2.39. The van der Waals surface area contributed by atoms with Crippen LogP contribution in [0.1, 0.15) is 95.1 Å². The lowest BCUT2D eigenvalue weighted by molar-refractivity contribution is -0.233. The van der Waals surface area contributed by atoms with Crippen molar-refractivity contribution in [2.24, 2.45) is 17.8 Å². The zero-order valence-electron chi connectivity index (χ0n) is 22.6. The van der Waals surface area contributed by atoms with Crippen LogP contribution in [-0.4, -0.2) is 43.8 Å². The Labute approximate surface area is 218 Å². The van der Waals surface area contributed by atoms with Gasteiger partial charge in [0.15, 0.2) is 6.29 Å². The molecule has 1 aromatic carbocycles. The van der Waals surface area contributed by atoms with E-state index in [0.29, 0.717) is 31.1 Å². The van der Waals surface area contributed by atoms with Gasteiger partial charge in [-0.2, -0.15) is 0 Å². The van der Waals surface area contributed by atoms with Crippen molar-refractivity contribution in [1.82, 2.24) is 0 Å². The van der Waals surface area contributed by atoms with E-state index in [0.717, 1.165) is 18.3 Å². The number of aliphatic hydroxyl groups excluding tert-OH is 1. The Kier molecular flexibility index (Phi) is 12.5. The molecule has 36 heavy (non-hydrogen) atoms. The number of carbonyl (C=O) groups is 1. The number of unbranched alkanes of at least 4 members (excludes halogenated alkanes) is 2. The summed E-state index contributed by atoms with van der Waals surface area (Å²) in [7, 11) is 0. The van der Waals surface area contributed by atoms with Gasteiger partial charge in [-0.25, -0.2) is 4.79 Å². The summed E-state index contributed by atoms with van der Waals surface area (Å²) in [6, 6.07) is 9.46. The number of ether oxygens (including phenoxy) is 3. The number of aliphatic hydroxyl groups is 1. The highest BCUT2D eigenvalue weighted by Crippen LogP contribution is 2.38. The lowest BCUT2D eigenvalue weighted by Gasteiger charge is -2.35. The van der Waals surface area contributed by atoms with E-state index in [1.807, 2.05) is 0 Å². The summed E-state index contributed by atoms with van der Waals surface area (Å²) in [4.78, 5) is 11.7. The van der Waals surface area contributed by atoms with Crippen molar-refractivity contribution in [2.75, 3.05) is 26.4 Å². The molecule has 1 saturated carbocycles. The molecular formula is C31H48O5. The first kappa shape index (κ1) is 28.9. The Morgan fingerprint density at radius 1 is 1.06 bits per heavy atom. The molecule has 1 heterocycles. The van der Waals surface area contributed by atoms with Crippen molar-refractivity contribution in [3.05, 3.63) is 47.5 Å². The van der Waals surface area contributed by atoms with E-state index in [1.54, 1.807) is 6.92 Å². The third-order valence-electron chi connectivity index (χ3n) is 8.00. The third-order valence-corrected chi connectivity index (χ3v) is 8.00. The molecule has 0 bridgehead atoms. The first-order valence-electron chi connectivity index (χ1n) is 14.3. The van der Waals surface area contributed by atoms with Crippen LogP contribution in [0.25, 0.3) is 0 Å². The second kappa shape index (κ2) is 15.5. The van der Waals surface area contributed by atoms with Crippen molar-refractivity contribution < 1.29 is 24.1 Å². The number of rotatable bonds is 14. The van der Waals surface area contributed by atoms with Gasteiger partial charge in [-0.15, -0.1) is 0 Å². The highest BCUT2D eigenvalue weighted by Gasteiger charge is 2.31. The minimum Gasteiger partial charge on any atom is -0.462 e. The predicted octanol–water partition coefficient (Wildman–Crippen LogP) is 6.58. The second-order valence-corrected chi connectivity index (χ2v) is 11.0. The van der Waals surface area contributed by atoms with Crippen LogP contribution >= 0.6 is 0 Å². The summed E-state index contributed by atoms with van der Waals surface area (Å²) in [5.41, 5.74) is 3.38. The molecule has 1 saturated heterocycles. The Morgan fingerprint density at radius 2 is 1.72 bits per heavy atom. The minimum absolute atomic E-state index is 0.00765. The summed E-state index contributed by atoms with van der Waals surface area (Å²) in [6.45, 7) is 9.01. The van der Waals surface area contributed by atoms with Crippen molar-refractivity contribution in [1.29, 1.82) is 0 Å². The Balaban J connectivity index is 1.33. The molecule has 2 aliphatic rings. The van der Waals surface area contributed by atoms with Gasteiger partial charge in [-0.05, 0) is 81.3 Å². The van der Waals surface area contributed by atoms with E-state index in [9.17, 15) is 9.90 Å². The lowest BCUT2D eigenvalue weighted by atomic mass is 9.76. The van der Waals surface area contributed by atoms with Gasteiger partial charge in [0.25, 0.3) is 0 Å². The van der Waals surface area contributed by atoms with E-state index < -0.39 is 12.3 Å². The second-order valence-electron chi connectivity index (χ2n) is 11.0. The molecule has 202 valence electrons. The van der Waals surface area contributed by atoms with Gasteiger partial charge in [-0.1, -0.05) is 57.0 Å². The molecule has 5 heteroatoms. The van der Waals surface area contributed by atoms with Gasteiger partial charge in [0, 0.05) is 24.0 Å². The molecule has 2 fully saturated rings. The van der Waals surface area contributed by atoms with Gasteiger partial charge >= 0.3 is 5.97 Å². The minimum atomic E-state index is -0.431. The Morgan fingerprint density at radius 3 is 2.33 bits per heavy atom. The summed E-state index contributed by atoms with van der Waals surface area (Å²) in [5, 5.41) is 9.40. The van der Waals surface area contributed by atoms with Crippen molar-refractivity contribution in [3.63, 3.8) is 0 Å². The van der Waals surface area contributed by atoms with E-state index >= 15 is 0 Å². The molecule has 0 aromatic heterocycles. The van der Waals surface area contributed by atoms with E-state index in [-0.39, 0.29) is 19.1 Å². The van der Waals surface area contributed by atoms with Crippen LogP contribution in [0.4, 0.5) is 0 Å². The molecule has 0 radical (unpaired) electrons. The van der Waals surface area contributed by atoms with Crippen LogP contribution in [0.3, 0.4) is 0 Å². The summed E-state index contributed by atoms with van der Waals surface area (Å²) in [5.74, 6) is 1.35. The number of esters is 1. The van der Waals surface area contributed by atoms with Gasteiger partial charge in [-0.3, -0.25) is 0 Å². The van der Waals surface area contributed by atoms with E-state index in [2.05, 4.69) is 37.8 Å². The maximum atomic E-state index is 11.7. The fraction of sp³-hybridized carbons (Fsp3) is 0.710. The Hall–Kier alpha value is -1.69. The predicted molar refractivity (Wildman–Crippen MR) is 144 cm³/mol. The molecule has 1 unspecified atom stereocenters. The van der Waals surface area contributed by atoms with Crippen LogP contribution in [0.15, 0.2) is 36.4 Å². The van der Waals surface area contributed by atoms with E-state index in [4.69, 9.17) is 14.2 Å². The molecule has 3 rings (SSSR count). The fourth-order valence-corrected chi connectivity index (χ4v) is 5.56. The first-order chi connectivity index (χ1) is 17.5. The van der Waals surface area contributed by atoms with Crippen LogP contribution in [0.2, 0.25) is 0 Å². The highest BCUT2D eigenvalue weighted by atomic mass is 16.7. The molecule has 1 aliphatic heterocycles. The fourth-order valence-electron chi connectivity index (χ4n) is 5.56. The SMILES string of the molecule is C=C(C)C(=O)OCC(CCO)C1OCC(CCC2CCC(c3ccc(CCCCC)cc3)CC2)CO1. The van der Waals surface area contributed by atoms with Gasteiger partial charge in [0.1, 0.15) is 0 Å². The van der Waals surface area contributed by atoms with E-state index in [1.165, 1.54) is 68.9 Å². The van der Waals surface area contributed by atoms with Crippen molar-refractivity contribution in [3.8, 4) is 0 Å². The summed E-state index contributed by atoms with van der Waals surface area (Å²) < 4.78 is 17.3. The standard InChI is InChI=1S/C31H48O5/c1-4-5-6-7-24-10-14-27(15-11-24)28-16-12-25(13-17-28)8-9-26-20-35-31(36-21-26)29(18-19-32)22-34-30(33)23(2)3/h10-11,14-15,25-26,28-29,31-32H,2,4-9,12-13,16-22H2,1,3H3. The number of carbonyl (C=O) groups excluding carboxylic acids is 1. The smallest absolute Gasteiger partial charge is 0.333 e. The largest absolute Gasteiger partial charge is 0.462 e. The Bertz CT molecular complexity index is 773. The van der Waals surface area contributed by atoms with Crippen LogP contribution in [0, 0.1) is 17.8 Å². The summed E-state index contributed by atoms with van der Waals surface area (Å²) in [6.07, 6.45) is 12.7. The zero-order valence-corrected chi connectivity index (χ0v) is 22.6. The van der Waals surface area contributed by atoms with Crippen molar-refractivity contribution in [2.45, 2.75) is 96.7 Å². The quantitative estimate of drug-likeness (QED) is 0.178. The first-order valence-corrected chi connectivity index (χ1v) is 14.3. The van der Waals surface area contributed by atoms with Crippen LogP contribution in [-0.2, 0) is 25.4 Å². The van der Waals surface area contributed by atoms with Crippen LogP contribution < -0.4 is 0 Å². The number of hydrogen-bond acceptors (Lipinski definition) is 5. The molecule has 1 N–H and O–H groups in total. The molecule has 5 nitrogen and oxygen atoms in total. The average molecular weight is 501 g/mol. The third kappa shape index (κ3) is 9.32. The number of aryl methyl sites for hydroxylation is 1. The monoisotopic (exact) mass is 500 g/mol.